The maximum Gasteiger partial charge on any atom is 0.228 e. The number of hydrogen-bond acceptors (Lipinski definition) is 3. The molecule has 0 bridgehead atoms. The minimum Gasteiger partial charge on any atom is -0.325 e. The maximum atomic E-state index is 12.9. The van der Waals surface area contributed by atoms with E-state index in [2.05, 4.69) is 10.6 Å². The molecule has 1 aromatic carbocycles. The minimum atomic E-state index is -0.495. The molecule has 1 atom stereocenters. The highest BCUT2D eigenvalue weighted by Crippen LogP contribution is 2.16. The van der Waals surface area contributed by atoms with Gasteiger partial charge in [0.1, 0.15) is 11.9 Å². The van der Waals surface area contributed by atoms with Crippen LogP contribution in [0.4, 0.5) is 10.1 Å². The Balaban J connectivity index is 2.73. The summed E-state index contributed by atoms with van der Waals surface area (Å²) < 4.78 is 12.9. The number of anilines is 1. The molecule has 0 fully saturated rings. The third-order valence-corrected chi connectivity index (χ3v) is 2.51. The van der Waals surface area contributed by atoms with Crippen molar-refractivity contribution in [2.75, 3.05) is 18.4 Å². The molecule has 1 aromatic rings. The van der Waals surface area contributed by atoms with Gasteiger partial charge in [0.05, 0.1) is 11.3 Å². The van der Waals surface area contributed by atoms with E-state index in [1.807, 2.05) is 13.0 Å². The number of benzene rings is 1. The van der Waals surface area contributed by atoms with Crippen molar-refractivity contribution in [3.8, 4) is 6.07 Å². The summed E-state index contributed by atoms with van der Waals surface area (Å²) in [5.74, 6) is -0.911. The van der Waals surface area contributed by atoms with Gasteiger partial charge < -0.3 is 10.6 Å². The fourth-order valence-electron chi connectivity index (χ4n) is 1.43. The normalized spacial score (nSPS) is 11.7. The van der Waals surface area contributed by atoms with Gasteiger partial charge in [-0.05, 0) is 24.7 Å². The van der Waals surface area contributed by atoms with Gasteiger partial charge in [-0.3, -0.25) is 4.79 Å². The van der Waals surface area contributed by atoms with E-state index in [4.69, 9.17) is 5.26 Å². The average Bonchev–Trinajstić information content (AvgIpc) is 2.37. The van der Waals surface area contributed by atoms with E-state index in [1.165, 1.54) is 12.1 Å². The van der Waals surface area contributed by atoms with Crippen molar-refractivity contribution in [3.05, 3.63) is 29.6 Å². The highest BCUT2D eigenvalue weighted by atomic mass is 19.1. The highest BCUT2D eigenvalue weighted by Gasteiger charge is 2.14. The quantitative estimate of drug-likeness (QED) is 0.837. The fourth-order valence-corrected chi connectivity index (χ4v) is 1.43. The molecule has 1 amide bonds. The Kier molecular flexibility index (Phi) is 5.28. The zero-order valence-electron chi connectivity index (χ0n) is 10.5. The Morgan fingerprint density at radius 3 is 2.89 bits per heavy atom. The van der Waals surface area contributed by atoms with Crippen molar-refractivity contribution < 1.29 is 9.18 Å². The molecular formula is C13H16FN3O. The SMILES string of the molecule is CCNCC(C)C(=O)Nc1ccc(F)cc1C#N. The Hall–Kier alpha value is -1.93. The van der Waals surface area contributed by atoms with Crippen LogP contribution in [0, 0.1) is 23.1 Å². The first kappa shape index (κ1) is 14.1. The van der Waals surface area contributed by atoms with Gasteiger partial charge in [-0.1, -0.05) is 13.8 Å². The number of hydrogen-bond donors (Lipinski definition) is 2. The first-order valence-electron chi connectivity index (χ1n) is 5.79. The molecule has 1 rings (SSSR count). The fraction of sp³-hybridized carbons (Fsp3) is 0.385. The standard InChI is InChI=1S/C13H16FN3O/c1-3-16-8-9(2)13(18)17-12-5-4-11(14)6-10(12)7-15/h4-6,9,16H,3,8H2,1-2H3,(H,17,18). The lowest BCUT2D eigenvalue weighted by molar-refractivity contribution is -0.119. The molecule has 0 saturated carbocycles. The van der Waals surface area contributed by atoms with Gasteiger partial charge in [-0.15, -0.1) is 0 Å². The molecule has 18 heavy (non-hydrogen) atoms. The molecule has 1 unspecified atom stereocenters. The van der Waals surface area contributed by atoms with Crippen LogP contribution < -0.4 is 10.6 Å². The number of nitrogens with zero attached hydrogens (tertiary/aromatic N) is 1. The van der Waals surface area contributed by atoms with Crippen molar-refractivity contribution in [1.82, 2.24) is 5.32 Å². The van der Waals surface area contributed by atoms with Crippen LogP contribution in [0.3, 0.4) is 0 Å². The molecule has 5 heteroatoms. The van der Waals surface area contributed by atoms with Crippen molar-refractivity contribution in [1.29, 1.82) is 5.26 Å². The highest BCUT2D eigenvalue weighted by molar-refractivity contribution is 5.93. The smallest absolute Gasteiger partial charge is 0.228 e. The number of carbonyl (C=O) groups is 1. The summed E-state index contributed by atoms with van der Waals surface area (Å²) in [6.07, 6.45) is 0. The monoisotopic (exact) mass is 249 g/mol. The molecule has 0 saturated heterocycles. The number of rotatable bonds is 5. The maximum absolute atomic E-state index is 12.9. The van der Waals surface area contributed by atoms with Gasteiger partial charge in [-0.2, -0.15) is 5.26 Å². The van der Waals surface area contributed by atoms with E-state index < -0.39 is 5.82 Å². The van der Waals surface area contributed by atoms with E-state index in [-0.39, 0.29) is 17.4 Å². The van der Waals surface area contributed by atoms with Crippen molar-refractivity contribution in [2.45, 2.75) is 13.8 Å². The number of carbonyl (C=O) groups excluding carboxylic acids is 1. The summed E-state index contributed by atoms with van der Waals surface area (Å²) >= 11 is 0. The molecule has 4 nitrogen and oxygen atoms in total. The van der Waals surface area contributed by atoms with E-state index in [0.29, 0.717) is 12.2 Å². The van der Waals surface area contributed by atoms with Gasteiger partial charge in [-0.25, -0.2) is 4.39 Å². The number of amides is 1. The zero-order valence-corrected chi connectivity index (χ0v) is 10.5. The number of nitriles is 1. The topological polar surface area (TPSA) is 64.9 Å². The average molecular weight is 249 g/mol. The number of nitrogens with one attached hydrogen (secondary N) is 2. The summed E-state index contributed by atoms with van der Waals surface area (Å²) in [5, 5.41) is 14.6. The van der Waals surface area contributed by atoms with Crippen LogP contribution in [0.25, 0.3) is 0 Å². The molecule has 2 N–H and O–H groups in total. The van der Waals surface area contributed by atoms with Crippen LogP contribution in [-0.4, -0.2) is 19.0 Å². The summed E-state index contributed by atoms with van der Waals surface area (Å²) in [6.45, 7) is 5.09. The Labute approximate surface area is 106 Å². The first-order chi connectivity index (χ1) is 8.58. The van der Waals surface area contributed by atoms with Gasteiger partial charge >= 0.3 is 0 Å². The second-order valence-electron chi connectivity index (χ2n) is 4.00. The van der Waals surface area contributed by atoms with Gasteiger partial charge in [0, 0.05) is 12.5 Å². The summed E-state index contributed by atoms with van der Waals surface area (Å²) in [5.41, 5.74) is 0.464. The molecule has 0 aliphatic rings. The minimum absolute atomic E-state index is 0.124. The van der Waals surface area contributed by atoms with Gasteiger partial charge in [0.2, 0.25) is 5.91 Å². The molecule has 0 heterocycles. The van der Waals surface area contributed by atoms with Crippen molar-refractivity contribution in [3.63, 3.8) is 0 Å². The predicted molar refractivity (Wildman–Crippen MR) is 67.5 cm³/mol. The van der Waals surface area contributed by atoms with Crippen LogP contribution in [-0.2, 0) is 4.79 Å². The molecule has 0 aromatic heterocycles. The molecular weight excluding hydrogens is 233 g/mol. The van der Waals surface area contributed by atoms with E-state index in [0.717, 1.165) is 12.6 Å². The molecule has 0 aliphatic carbocycles. The van der Waals surface area contributed by atoms with E-state index in [9.17, 15) is 9.18 Å². The second-order valence-corrected chi connectivity index (χ2v) is 4.00. The third-order valence-electron chi connectivity index (χ3n) is 2.51. The zero-order chi connectivity index (χ0) is 13.5. The third kappa shape index (κ3) is 3.82. The Bertz CT molecular complexity index is 468. The number of halogens is 1. The second kappa shape index (κ2) is 6.72. The van der Waals surface area contributed by atoms with Gasteiger partial charge in [0.15, 0.2) is 0 Å². The van der Waals surface area contributed by atoms with Crippen molar-refractivity contribution >= 4 is 11.6 Å². The lowest BCUT2D eigenvalue weighted by Gasteiger charge is -2.13. The lowest BCUT2D eigenvalue weighted by Crippen LogP contribution is -2.30. The molecule has 96 valence electrons. The van der Waals surface area contributed by atoms with Crippen LogP contribution in [0.5, 0.6) is 0 Å². The van der Waals surface area contributed by atoms with Crippen LogP contribution in [0.2, 0.25) is 0 Å². The predicted octanol–water partition coefficient (Wildman–Crippen LogP) is 1.88. The Morgan fingerprint density at radius 1 is 1.56 bits per heavy atom. The van der Waals surface area contributed by atoms with Crippen molar-refractivity contribution in [2.24, 2.45) is 5.92 Å². The van der Waals surface area contributed by atoms with Gasteiger partial charge in [0.25, 0.3) is 0 Å². The summed E-state index contributed by atoms with van der Waals surface area (Å²) in [4.78, 5) is 11.8. The summed E-state index contributed by atoms with van der Waals surface area (Å²) in [6, 6.07) is 5.56. The Morgan fingerprint density at radius 2 is 2.28 bits per heavy atom. The first-order valence-corrected chi connectivity index (χ1v) is 5.79. The molecule has 0 spiro atoms. The largest absolute Gasteiger partial charge is 0.325 e. The lowest BCUT2D eigenvalue weighted by atomic mass is 10.1. The molecule has 0 radical (unpaired) electrons. The van der Waals surface area contributed by atoms with Crippen LogP contribution in [0.1, 0.15) is 19.4 Å². The van der Waals surface area contributed by atoms with Crippen LogP contribution in [0.15, 0.2) is 18.2 Å². The summed E-state index contributed by atoms with van der Waals surface area (Å²) in [7, 11) is 0. The molecule has 0 aliphatic heterocycles. The van der Waals surface area contributed by atoms with E-state index in [1.54, 1.807) is 6.92 Å². The van der Waals surface area contributed by atoms with E-state index >= 15 is 0 Å². The van der Waals surface area contributed by atoms with Crippen LogP contribution >= 0.6 is 0 Å².